The van der Waals surface area contributed by atoms with Gasteiger partial charge in [0.15, 0.2) is 0 Å². The maximum absolute atomic E-state index is 11.9. The zero-order chi connectivity index (χ0) is 12.3. The molecular formula is C12H17ClN2O2. The van der Waals surface area contributed by atoms with Crippen molar-refractivity contribution in [1.29, 1.82) is 0 Å². The second kappa shape index (κ2) is 5.56. The number of halogens is 1. The van der Waals surface area contributed by atoms with Gasteiger partial charge in [-0.1, -0.05) is 0 Å². The Balaban J connectivity index is 1.86. The van der Waals surface area contributed by atoms with E-state index in [1.165, 1.54) is 6.26 Å². The van der Waals surface area contributed by atoms with Crippen molar-refractivity contribution in [3.8, 4) is 0 Å². The maximum atomic E-state index is 11.9. The average molecular weight is 257 g/mol. The Morgan fingerprint density at radius 1 is 1.35 bits per heavy atom. The Bertz CT molecular complexity index is 384. The monoisotopic (exact) mass is 256 g/mol. The van der Waals surface area contributed by atoms with Crippen molar-refractivity contribution in [2.24, 2.45) is 0 Å². The quantitative estimate of drug-likeness (QED) is 0.872. The van der Waals surface area contributed by atoms with E-state index in [2.05, 4.69) is 10.6 Å². The molecule has 4 nitrogen and oxygen atoms in total. The molecule has 0 atom stereocenters. The van der Waals surface area contributed by atoms with E-state index in [0.717, 1.165) is 25.7 Å². The molecule has 5 heteroatoms. The molecule has 0 saturated heterocycles. The molecular weight excluding hydrogens is 240 g/mol. The van der Waals surface area contributed by atoms with Gasteiger partial charge in [-0.2, -0.15) is 0 Å². The number of hydrogen-bond acceptors (Lipinski definition) is 3. The summed E-state index contributed by atoms with van der Waals surface area (Å²) in [6, 6.07) is 2.43. The van der Waals surface area contributed by atoms with Crippen LogP contribution in [0.2, 0.25) is 5.22 Å². The molecule has 1 amide bonds. The standard InChI is InChI=1S/C12H17ClN2O2/c1-14-8-2-4-9(5-3-8)15-12(16)10-6-7-17-11(10)13/h6-9,14H,2-5H2,1H3,(H,15,16). The van der Waals surface area contributed by atoms with E-state index < -0.39 is 0 Å². The Kier molecular flexibility index (Phi) is 4.07. The third-order valence-corrected chi connectivity index (χ3v) is 3.63. The molecule has 1 saturated carbocycles. The first-order chi connectivity index (χ1) is 8.20. The summed E-state index contributed by atoms with van der Waals surface area (Å²) in [5, 5.41) is 6.42. The van der Waals surface area contributed by atoms with E-state index in [1.54, 1.807) is 6.07 Å². The van der Waals surface area contributed by atoms with Crippen LogP contribution in [-0.2, 0) is 0 Å². The number of amides is 1. The van der Waals surface area contributed by atoms with Crippen LogP contribution in [0.3, 0.4) is 0 Å². The van der Waals surface area contributed by atoms with Crippen molar-refractivity contribution in [2.75, 3.05) is 7.05 Å². The molecule has 1 heterocycles. The minimum absolute atomic E-state index is 0.142. The van der Waals surface area contributed by atoms with Crippen molar-refractivity contribution >= 4 is 17.5 Å². The number of rotatable bonds is 3. The van der Waals surface area contributed by atoms with Gasteiger partial charge in [-0.15, -0.1) is 0 Å². The largest absolute Gasteiger partial charge is 0.452 e. The predicted molar refractivity (Wildman–Crippen MR) is 66.3 cm³/mol. The first-order valence-corrected chi connectivity index (χ1v) is 6.29. The van der Waals surface area contributed by atoms with E-state index in [1.807, 2.05) is 7.05 Å². The molecule has 1 aromatic rings. The molecule has 2 N–H and O–H groups in total. The van der Waals surface area contributed by atoms with Crippen LogP contribution in [0.5, 0.6) is 0 Å². The van der Waals surface area contributed by atoms with E-state index in [9.17, 15) is 4.79 Å². The molecule has 0 radical (unpaired) electrons. The highest BCUT2D eigenvalue weighted by molar-refractivity contribution is 6.32. The summed E-state index contributed by atoms with van der Waals surface area (Å²) in [6.45, 7) is 0. The lowest BCUT2D eigenvalue weighted by Crippen LogP contribution is -2.41. The zero-order valence-corrected chi connectivity index (χ0v) is 10.6. The summed E-state index contributed by atoms with van der Waals surface area (Å²) in [6.07, 6.45) is 5.63. The van der Waals surface area contributed by atoms with Crippen LogP contribution in [0, 0.1) is 0 Å². The average Bonchev–Trinajstić information content (AvgIpc) is 2.76. The van der Waals surface area contributed by atoms with E-state index >= 15 is 0 Å². The number of nitrogens with one attached hydrogen (secondary N) is 2. The van der Waals surface area contributed by atoms with Crippen molar-refractivity contribution < 1.29 is 9.21 Å². The maximum Gasteiger partial charge on any atom is 0.256 e. The molecule has 0 unspecified atom stereocenters. The summed E-state index contributed by atoms with van der Waals surface area (Å²) < 4.78 is 4.90. The molecule has 1 aromatic heterocycles. The minimum Gasteiger partial charge on any atom is -0.452 e. The smallest absolute Gasteiger partial charge is 0.256 e. The van der Waals surface area contributed by atoms with Crippen LogP contribution in [-0.4, -0.2) is 25.0 Å². The van der Waals surface area contributed by atoms with Gasteiger partial charge in [-0.3, -0.25) is 4.79 Å². The highest BCUT2D eigenvalue weighted by Gasteiger charge is 2.23. The van der Waals surface area contributed by atoms with Gasteiger partial charge >= 0.3 is 0 Å². The lowest BCUT2D eigenvalue weighted by molar-refractivity contribution is 0.0924. The van der Waals surface area contributed by atoms with Gasteiger partial charge in [-0.05, 0) is 50.4 Å². The third-order valence-electron chi connectivity index (χ3n) is 3.33. The first-order valence-electron chi connectivity index (χ1n) is 5.92. The van der Waals surface area contributed by atoms with E-state index in [4.69, 9.17) is 16.0 Å². The number of carbonyl (C=O) groups is 1. The molecule has 0 aliphatic heterocycles. The number of hydrogen-bond donors (Lipinski definition) is 2. The topological polar surface area (TPSA) is 54.3 Å². The molecule has 1 aliphatic rings. The lowest BCUT2D eigenvalue weighted by atomic mass is 9.91. The van der Waals surface area contributed by atoms with Crippen LogP contribution < -0.4 is 10.6 Å². The summed E-state index contributed by atoms with van der Waals surface area (Å²) in [5.74, 6) is -0.142. The summed E-state index contributed by atoms with van der Waals surface area (Å²) in [5.41, 5.74) is 0.419. The Hall–Kier alpha value is -1.00. The normalized spacial score (nSPS) is 24.6. The Morgan fingerprint density at radius 2 is 2.00 bits per heavy atom. The fourth-order valence-electron chi connectivity index (χ4n) is 2.25. The van der Waals surface area contributed by atoms with E-state index in [0.29, 0.717) is 11.6 Å². The molecule has 1 fully saturated rings. The summed E-state index contributed by atoms with van der Waals surface area (Å²) in [7, 11) is 1.98. The molecule has 1 aliphatic carbocycles. The zero-order valence-electron chi connectivity index (χ0n) is 9.83. The number of furan rings is 1. The van der Waals surface area contributed by atoms with Crippen molar-refractivity contribution in [3.05, 3.63) is 23.1 Å². The number of carbonyl (C=O) groups excluding carboxylic acids is 1. The van der Waals surface area contributed by atoms with Crippen LogP contribution >= 0.6 is 11.6 Å². The fourth-order valence-corrected chi connectivity index (χ4v) is 2.45. The van der Waals surface area contributed by atoms with Gasteiger partial charge in [0.05, 0.1) is 11.8 Å². The molecule has 17 heavy (non-hydrogen) atoms. The molecule has 94 valence electrons. The highest BCUT2D eigenvalue weighted by Crippen LogP contribution is 2.20. The van der Waals surface area contributed by atoms with Crippen LogP contribution in [0.15, 0.2) is 16.7 Å². The molecule has 2 rings (SSSR count). The molecule has 0 spiro atoms. The van der Waals surface area contributed by atoms with Crippen molar-refractivity contribution in [2.45, 2.75) is 37.8 Å². The molecule has 0 aromatic carbocycles. The Labute approximate surface area is 106 Å². The van der Waals surface area contributed by atoms with Gasteiger partial charge in [-0.25, -0.2) is 0 Å². The predicted octanol–water partition coefficient (Wildman–Crippen LogP) is 2.19. The summed E-state index contributed by atoms with van der Waals surface area (Å²) in [4.78, 5) is 11.9. The van der Waals surface area contributed by atoms with Gasteiger partial charge in [0, 0.05) is 12.1 Å². The second-order valence-corrected chi connectivity index (χ2v) is 4.76. The van der Waals surface area contributed by atoms with E-state index in [-0.39, 0.29) is 17.2 Å². The van der Waals surface area contributed by atoms with Crippen molar-refractivity contribution in [1.82, 2.24) is 10.6 Å². The second-order valence-electron chi connectivity index (χ2n) is 4.42. The van der Waals surface area contributed by atoms with Crippen LogP contribution in [0.25, 0.3) is 0 Å². The highest BCUT2D eigenvalue weighted by atomic mass is 35.5. The van der Waals surface area contributed by atoms with Gasteiger partial charge in [0.2, 0.25) is 5.22 Å². The van der Waals surface area contributed by atoms with Crippen LogP contribution in [0.4, 0.5) is 0 Å². The van der Waals surface area contributed by atoms with Gasteiger partial charge < -0.3 is 15.1 Å². The minimum atomic E-state index is -0.142. The summed E-state index contributed by atoms with van der Waals surface area (Å²) >= 11 is 5.76. The third kappa shape index (κ3) is 3.01. The van der Waals surface area contributed by atoms with Gasteiger partial charge in [0.25, 0.3) is 5.91 Å². The van der Waals surface area contributed by atoms with Crippen LogP contribution in [0.1, 0.15) is 36.0 Å². The Morgan fingerprint density at radius 3 is 2.53 bits per heavy atom. The van der Waals surface area contributed by atoms with Gasteiger partial charge in [0.1, 0.15) is 0 Å². The molecule has 0 bridgehead atoms. The fraction of sp³-hybridized carbons (Fsp3) is 0.583. The SMILES string of the molecule is CNC1CCC(NC(=O)c2ccoc2Cl)CC1. The first kappa shape index (κ1) is 12.5. The van der Waals surface area contributed by atoms with Crippen molar-refractivity contribution in [3.63, 3.8) is 0 Å². The lowest BCUT2D eigenvalue weighted by Gasteiger charge is -2.28.